The van der Waals surface area contributed by atoms with Crippen molar-refractivity contribution in [3.05, 3.63) is 6.54 Å². The summed E-state index contributed by atoms with van der Waals surface area (Å²) < 4.78 is 0. The third kappa shape index (κ3) is 19.4. The molecule has 1 N–H and O–H groups in total. The highest BCUT2D eigenvalue weighted by molar-refractivity contribution is 5.76. The minimum Gasteiger partial charge on any atom is -0.351 e. The summed E-state index contributed by atoms with van der Waals surface area (Å²) in [7, 11) is 0. The van der Waals surface area contributed by atoms with Crippen LogP contribution in [0.4, 0.5) is 0 Å². The highest BCUT2D eigenvalue weighted by atomic mass is 16.1. The lowest BCUT2D eigenvalue weighted by Crippen LogP contribution is -2.19. The van der Waals surface area contributed by atoms with Crippen LogP contribution >= 0.6 is 0 Å². The number of hydrogen-bond acceptors (Lipinski definition) is 1. The molecule has 0 saturated carbocycles. The molecule has 0 aliphatic carbocycles. The number of nitrogens with one attached hydrogen (secondary N) is 1. The van der Waals surface area contributed by atoms with Crippen molar-refractivity contribution in [1.29, 1.82) is 0 Å². The quantitative estimate of drug-likeness (QED) is 0.272. The normalized spacial score (nSPS) is 10.9. The van der Waals surface area contributed by atoms with Crippen LogP contribution in [-0.4, -0.2) is 5.91 Å². The summed E-state index contributed by atoms with van der Waals surface area (Å²) in [5.41, 5.74) is 0. The zero-order valence-corrected chi connectivity index (χ0v) is 16.0. The zero-order valence-electron chi connectivity index (χ0n) is 16.0. The molecule has 0 fully saturated rings. The summed E-state index contributed by atoms with van der Waals surface area (Å²) in [6, 6.07) is 0. The fourth-order valence-electron chi connectivity index (χ4n) is 2.94. The van der Waals surface area contributed by atoms with Crippen LogP contribution in [0.2, 0.25) is 0 Å². The van der Waals surface area contributed by atoms with Gasteiger partial charge in [0.05, 0.1) is 0 Å². The first-order valence-corrected chi connectivity index (χ1v) is 10.4. The third-order valence-electron chi connectivity index (χ3n) is 4.47. The van der Waals surface area contributed by atoms with E-state index in [1.807, 2.05) is 13.5 Å². The van der Waals surface area contributed by atoms with Gasteiger partial charge in [-0.05, 0) is 12.8 Å². The van der Waals surface area contributed by atoms with Gasteiger partial charge in [0.25, 0.3) is 0 Å². The van der Waals surface area contributed by atoms with Crippen LogP contribution < -0.4 is 5.32 Å². The number of carbonyl (C=O) groups is 1. The smallest absolute Gasteiger partial charge is 0.220 e. The fraction of sp³-hybridized carbons (Fsp3) is 0.905. The van der Waals surface area contributed by atoms with Crippen molar-refractivity contribution in [3.63, 3.8) is 0 Å². The van der Waals surface area contributed by atoms with Gasteiger partial charge >= 0.3 is 0 Å². The summed E-state index contributed by atoms with van der Waals surface area (Å²) in [6.45, 7) is 6.16. The molecule has 2 nitrogen and oxygen atoms in total. The molecule has 0 unspecified atom stereocenters. The summed E-state index contributed by atoms with van der Waals surface area (Å²) in [4.78, 5) is 11.4. The minimum atomic E-state index is 0.182. The van der Waals surface area contributed by atoms with Gasteiger partial charge in [-0.15, -0.1) is 0 Å². The van der Waals surface area contributed by atoms with Gasteiger partial charge in [0.2, 0.25) is 5.91 Å². The van der Waals surface area contributed by atoms with E-state index in [1.54, 1.807) is 0 Å². The van der Waals surface area contributed by atoms with Crippen molar-refractivity contribution in [3.8, 4) is 0 Å². The number of unbranched alkanes of at least 4 members (excludes halogenated alkanes) is 14. The van der Waals surface area contributed by atoms with E-state index in [9.17, 15) is 4.79 Å². The van der Waals surface area contributed by atoms with Gasteiger partial charge in [-0.25, -0.2) is 0 Å². The molecular formula is C21H42NO. The summed E-state index contributed by atoms with van der Waals surface area (Å²) in [6.07, 6.45) is 22.1. The molecule has 0 aromatic heterocycles. The Balaban J connectivity index is 3.04. The monoisotopic (exact) mass is 324 g/mol. The maximum Gasteiger partial charge on any atom is 0.220 e. The molecule has 0 spiro atoms. The predicted molar refractivity (Wildman–Crippen MR) is 102 cm³/mol. The second-order valence-corrected chi connectivity index (χ2v) is 6.88. The van der Waals surface area contributed by atoms with Crippen LogP contribution in [0.25, 0.3) is 0 Å². The van der Waals surface area contributed by atoms with Crippen LogP contribution in [-0.2, 0) is 4.79 Å². The first-order valence-electron chi connectivity index (χ1n) is 10.4. The van der Waals surface area contributed by atoms with E-state index in [0.29, 0.717) is 6.42 Å². The van der Waals surface area contributed by atoms with Gasteiger partial charge in [-0.3, -0.25) is 4.79 Å². The summed E-state index contributed by atoms with van der Waals surface area (Å²) in [5, 5.41) is 2.82. The SMILES string of the molecule is CC[CH]NC(=O)CCCCCCCCCCCCCCCCC. The lowest BCUT2D eigenvalue weighted by atomic mass is 10.0. The summed E-state index contributed by atoms with van der Waals surface area (Å²) >= 11 is 0. The van der Waals surface area contributed by atoms with E-state index in [1.165, 1.54) is 89.9 Å². The highest BCUT2D eigenvalue weighted by Crippen LogP contribution is 2.13. The lowest BCUT2D eigenvalue weighted by Gasteiger charge is -2.04. The second-order valence-electron chi connectivity index (χ2n) is 6.88. The first-order chi connectivity index (χ1) is 11.3. The molecule has 0 heterocycles. The Hall–Kier alpha value is -0.530. The van der Waals surface area contributed by atoms with Gasteiger partial charge in [-0.2, -0.15) is 0 Å². The first kappa shape index (κ1) is 22.5. The van der Waals surface area contributed by atoms with E-state index in [2.05, 4.69) is 12.2 Å². The molecular weight excluding hydrogens is 282 g/mol. The molecule has 2 heteroatoms. The Labute approximate surface area is 146 Å². The van der Waals surface area contributed by atoms with E-state index in [0.717, 1.165) is 12.8 Å². The minimum absolute atomic E-state index is 0.182. The average molecular weight is 325 g/mol. The van der Waals surface area contributed by atoms with Crippen molar-refractivity contribution in [2.45, 2.75) is 123 Å². The molecule has 137 valence electrons. The highest BCUT2D eigenvalue weighted by Gasteiger charge is 1.99. The van der Waals surface area contributed by atoms with Gasteiger partial charge < -0.3 is 5.32 Å². The molecule has 0 saturated heterocycles. The van der Waals surface area contributed by atoms with E-state index in [-0.39, 0.29) is 5.91 Å². The van der Waals surface area contributed by atoms with E-state index in [4.69, 9.17) is 0 Å². The molecule has 1 radical (unpaired) electrons. The van der Waals surface area contributed by atoms with Crippen LogP contribution in [0.3, 0.4) is 0 Å². The van der Waals surface area contributed by atoms with Crippen molar-refractivity contribution in [1.82, 2.24) is 5.32 Å². The second kappa shape index (κ2) is 19.5. The maximum absolute atomic E-state index is 11.4. The van der Waals surface area contributed by atoms with Crippen LogP contribution in [0.15, 0.2) is 0 Å². The molecule has 0 aromatic carbocycles. The standard InChI is InChI=1S/C21H42NO/c1-3-5-6-7-8-9-10-11-12-13-14-15-16-17-18-19-21(23)22-20-4-2/h20H,3-19H2,1-2H3,(H,22,23). The van der Waals surface area contributed by atoms with Gasteiger partial charge in [0.1, 0.15) is 0 Å². The molecule has 23 heavy (non-hydrogen) atoms. The van der Waals surface area contributed by atoms with E-state index < -0.39 is 0 Å². The number of amides is 1. The molecule has 0 aromatic rings. The topological polar surface area (TPSA) is 29.1 Å². The molecule has 0 atom stereocenters. The Bertz CT molecular complexity index is 240. The third-order valence-corrected chi connectivity index (χ3v) is 4.47. The molecule has 0 aliphatic heterocycles. The molecule has 0 bridgehead atoms. The van der Waals surface area contributed by atoms with Gasteiger partial charge in [-0.1, -0.05) is 104 Å². The Kier molecular flexibility index (Phi) is 19.1. The zero-order chi connectivity index (χ0) is 17.0. The number of hydrogen-bond donors (Lipinski definition) is 1. The van der Waals surface area contributed by atoms with Gasteiger partial charge in [0, 0.05) is 13.0 Å². The Morgan fingerprint density at radius 1 is 0.652 bits per heavy atom. The van der Waals surface area contributed by atoms with Crippen LogP contribution in [0.1, 0.15) is 123 Å². The lowest BCUT2D eigenvalue weighted by molar-refractivity contribution is -0.120. The van der Waals surface area contributed by atoms with Crippen molar-refractivity contribution in [2.75, 3.05) is 0 Å². The Morgan fingerprint density at radius 3 is 1.43 bits per heavy atom. The van der Waals surface area contributed by atoms with Gasteiger partial charge in [0.15, 0.2) is 0 Å². The van der Waals surface area contributed by atoms with Crippen LogP contribution in [0, 0.1) is 6.54 Å². The van der Waals surface area contributed by atoms with Crippen molar-refractivity contribution in [2.24, 2.45) is 0 Å². The Morgan fingerprint density at radius 2 is 1.04 bits per heavy atom. The maximum atomic E-state index is 11.4. The molecule has 0 rings (SSSR count). The van der Waals surface area contributed by atoms with Crippen molar-refractivity contribution < 1.29 is 4.79 Å². The summed E-state index contributed by atoms with van der Waals surface area (Å²) in [5.74, 6) is 0.182. The number of rotatable bonds is 18. The predicted octanol–water partition coefficient (Wildman–Crippen LogP) is 6.94. The van der Waals surface area contributed by atoms with Crippen LogP contribution in [0.5, 0.6) is 0 Å². The van der Waals surface area contributed by atoms with E-state index >= 15 is 0 Å². The fourth-order valence-corrected chi connectivity index (χ4v) is 2.94. The number of carbonyl (C=O) groups excluding carboxylic acids is 1. The molecule has 1 amide bonds. The largest absolute Gasteiger partial charge is 0.351 e. The van der Waals surface area contributed by atoms with Crippen molar-refractivity contribution >= 4 is 5.91 Å². The molecule has 0 aliphatic rings. The average Bonchev–Trinajstić information content (AvgIpc) is 2.56.